The molecule has 0 saturated heterocycles. The number of carbonyl (C=O) groups is 1. The zero-order chi connectivity index (χ0) is 12.0. The summed E-state index contributed by atoms with van der Waals surface area (Å²) in [6.45, 7) is 3.85. The maximum atomic E-state index is 11.4. The molecule has 1 amide bonds. The summed E-state index contributed by atoms with van der Waals surface area (Å²) < 4.78 is 5.18. The second-order valence-corrected chi connectivity index (χ2v) is 3.74. The Balaban J connectivity index is 2.72. The predicted molar refractivity (Wildman–Crippen MR) is 65.3 cm³/mol. The third kappa shape index (κ3) is 3.77. The topological polar surface area (TPSA) is 38.3 Å². The molecule has 0 aliphatic rings. The van der Waals surface area contributed by atoms with E-state index in [2.05, 4.69) is 5.32 Å². The number of hydrogen-bond donors (Lipinski definition) is 1. The zero-order valence-electron chi connectivity index (χ0n) is 9.86. The van der Waals surface area contributed by atoms with E-state index in [1.807, 2.05) is 38.1 Å². The van der Waals surface area contributed by atoms with E-state index >= 15 is 0 Å². The summed E-state index contributed by atoms with van der Waals surface area (Å²) in [6.07, 6.45) is 3.26. The summed E-state index contributed by atoms with van der Waals surface area (Å²) in [5, 5.41) is 2.78. The monoisotopic (exact) mass is 219 g/mol. The van der Waals surface area contributed by atoms with Crippen molar-refractivity contribution in [3.63, 3.8) is 0 Å². The lowest BCUT2D eigenvalue weighted by Crippen LogP contribution is -2.28. The van der Waals surface area contributed by atoms with E-state index in [0.29, 0.717) is 0 Å². The van der Waals surface area contributed by atoms with Crippen molar-refractivity contribution >= 4 is 12.0 Å². The van der Waals surface area contributed by atoms with Gasteiger partial charge in [0.15, 0.2) is 0 Å². The molecule has 0 aliphatic carbocycles. The van der Waals surface area contributed by atoms with Crippen LogP contribution in [0.15, 0.2) is 30.3 Å². The Hall–Kier alpha value is -1.77. The van der Waals surface area contributed by atoms with Crippen molar-refractivity contribution in [1.29, 1.82) is 0 Å². The fourth-order valence-corrected chi connectivity index (χ4v) is 1.30. The molecule has 16 heavy (non-hydrogen) atoms. The molecule has 0 radical (unpaired) electrons. The number of carbonyl (C=O) groups excluding carboxylic acids is 1. The Morgan fingerprint density at radius 2 is 2.06 bits per heavy atom. The first-order valence-corrected chi connectivity index (χ1v) is 5.25. The van der Waals surface area contributed by atoms with Crippen LogP contribution in [0, 0.1) is 0 Å². The quantitative estimate of drug-likeness (QED) is 0.789. The fourth-order valence-electron chi connectivity index (χ4n) is 1.30. The largest absolute Gasteiger partial charge is 0.496 e. The van der Waals surface area contributed by atoms with E-state index in [1.165, 1.54) is 6.08 Å². The molecule has 0 bridgehead atoms. The number of ether oxygens (including phenoxy) is 1. The van der Waals surface area contributed by atoms with Gasteiger partial charge in [-0.15, -0.1) is 0 Å². The maximum Gasteiger partial charge on any atom is 0.244 e. The van der Waals surface area contributed by atoms with E-state index in [1.54, 1.807) is 13.2 Å². The van der Waals surface area contributed by atoms with Crippen molar-refractivity contribution in [2.24, 2.45) is 0 Å². The van der Waals surface area contributed by atoms with Gasteiger partial charge in [-0.25, -0.2) is 0 Å². The summed E-state index contributed by atoms with van der Waals surface area (Å²) in [7, 11) is 1.61. The third-order valence-electron chi connectivity index (χ3n) is 1.98. The van der Waals surface area contributed by atoms with Crippen molar-refractivity contribution in [1.82, 2.24) is 5.32 Å². The highest BCUT2D eigenvalue weighted by Crippen LogP contribution is 2.18. The van der Waals surface area contributed by atoms with Gasteiger partial charge in [0.05, 0.1) is 7.11 Å². The Kier molecular flexibility index (Phi) is 4.58. The first-order chi connectivity index (χ1) is 7.63. The van der Waals surface area contributed by atoms with Gasteiger partial charge in [0.2, 0.25) is 5.91 Å². The Labute approximate surface area is 96.1 Å². The van der Waals surface area contributed by atoms with Crippen LogP contribution >= 0.6 is 0 Å². The van der Waals surface area contributed by atoms with Gasteiger partial charge in [-0.2, -0.15) is 0 Å². The molecule has 0 atom stereocenters. The second kappa shape index (κ2) is 5.95. The molecule has 86 valence electrons. The minimum absolute atomic E-state index is 0.0964. The van der Waals surface area contributed by atoms with Gasteiger partial charge in [-0.05, 0) is 26.0 Å². The van der Waals surface area contributed by atoms with Crippen molar-refractivity contribution in [2.45, 2.75) is 19.9 Å². The number of nitrogens with one attached hydrogen (secondary N) is 1. The van der Waals surface area contributed by atoms with Crippen LogP contribution in [-0.2, 0) is 4.79 Å². The molecule has 0 heterocycles. The minimum atomic E-state index is -0.0964. The summed E-state index contributed by atoms with van der Waals surface area (Å²) >= 11 is 0. The number of rotatable bonds is 4. The number of amides is 1. The van der Waals surface area contributed by atoms with Crippen molar-refractivity contribution in [2.75, 3.05) is 7.11 Å². The van der Waals surface area contributed by atoms with E-state index in [9.17, 15) is 4.79 Å². The van der Waals surface area contributed by atoms with Crippen LogP contribution in [0.5, 0.6) is 5.75 Å². The third-order valence-corrected chi connectivity index (χ3v) is 1.98. The molecule has 1 aromatic carbocycles. The first kappa shape index (κ1) is 12.3. The number of hydrogen-bond acceptors (Lipinski definition) is 2. The van der Waals surface area contributed by atoms with Gasteiger partial charge in [0.1, 0.15) is 5.75 Å². The molecular weight excluding hydrogens is 202 g/mol. The predicted octanol–water partition coefficient (Wildman–Crippen LogP) is 2.23. The summed E-state index contributed by atoms with van der Waals surface area (Å²) in [6, 6.07) is 7.71. The normalized spacial score (nSPS) is 10.8. The molecule has 1 N–H and O–H groups in total. The highest BCUT2D eigenvalue weighted by atomic mass is 16.5. The average Bonchev–Trinajstić information content (AvgIpc) is 2.26. The molecule has 0 unspecified atom stereocenters. The van der Waals surface area contributed by atoms with Crippen LogP contribution in [0.25, 0.3) is 6.08 Å². The Morgan fingerprint density at radius 3 is 2.69 bits per heavy atom. The van der Waals surface area contributed by atoms with Crippen LogP contribution in [-0.4, -0.2) is 19.1 Å². The van der Waals surface area contributed by atoms with Gasteiger partial charge in [0.25, 0.3) is 0 Å². The van der Waals surface area contributed by atoms with Crippen LogP contribution < -0.4 is 10.1 Å². The number of benzene rings is 1. The zero-order valence-corrected chi connectivity index (χ0v) is 9.86. The first-order valence-electron chi connectivity index (χ1n) is 5.25. The molecule has 0 spiro atoms. The Bertz CT molecular complexity index is 383. The number of methoxy groups -OCH3 is 1. The lowest BCUT2D eigenvalue weighted by atomic mass is 10.2. The highest BCUT2D eigenvalue weighted by Gasteiger charge is 2.00. The van der Waals surface area contributed by atoms with Crippen molar-refractivity contribution in [3.05, 3.63) is 35.9 Å². The minimum Gasteiger partial charge on any atom is -0.496 e. The lowest BCUT2D eigenvalue weighted by Gasteiger charge is -2.05. The fraction of sp³-hybridized carbons (Fsp3) is 0.308. The van der Waals surface area contributed by atoms with Gasteiger partial charge in [-0.1, -0.05) is 18.2 Å². The van der Waals surface area contributed by atoms with Crippen LogP contribution in [0.3, 0.4) is 0 Å². The van der Waals surface area contributed by atoms with E-state index in [4.69, 9.17) is 4.74 Å². The highest BCUT2D eigenvalue weighted by molar-refractivity contribution is 5.92. The van der Waals surface area contributed by atoms with E-state index < -0.39 is 0 Å². The van der Waals surface area contributed by atoms with Crippen LogP contribution in [0.2, 0.25) is 0 Å². The summed E-state index contributed by atoms with van der Waals surface area (Å²) in [5.74, 6) is 0.664. The van der Waals surface area contributed by atoms with Crippen LogP contribution in [0.1, 0.15) is 19.4 Å². The standard InChI is InChI=1S/C13H17NO2/c1-10(2)14-13(15)9-8-11-6-4-5-7-12(11)16-3/h4-10H,1-3H3,(H,14,15)/b9-8+. The number of para-hydroxylation sites is 1. The van der Waals surface area contributed by atoms with Gasteiger partial charge in [0, 0.05) is 17.7 Å². The molecule has 3 nitrogen and oxygen atoms in total. The van der Waals surface area contributed by atoms with Gasteiger partial charge in [-0.3, -0.25) is 4.79 Å². The summed E-state index contributed by atoms with van der Waals surface area (Å²) in [4.78, 5) is 11.4. The maximum absolute atomic E-state index is 11.4. The molecule has 0 fully saturated rings. The molecule has 1 rings (SSSR count). The molecule has 0 aromatic heterocycles. The smallest absolute Gasteiger partial charge is 0.244 e. The Morgan fingerprint density at radius 1 is 1.38 bits per heavy atom. The lowest BCUT2D eigenvalue weighted by molar-refractivity contribution is -0.116. The van der Waals surface area contributed by atoms with E-state index in [0.717, 1.165) is 11.3 Å². The molecular formula is C13H17NO2. The molecule has 1 aromatic rings. The molecule has 3 heteroatoms. The molecule has 0 saturated carbocycles. The van der Waals surface area contributed by atoms with Crippen molar-refractivity contribution < 1.29 is 9.53 Å². The molecule has 0 aliphatic heterocycles. The van der Waals surface area contributed by atoms with Crippen LogP contribution in [0.4, 0.5) is 0 Å². The van der Waals surface area contributed by atoms with Crippen molar-refractivity contribution in [3.8, 4) is 5.75 Å². The van der Waals surface area contributed by atoms with Gasteiger partial charge >= 0.3 is 0 Å². The summed E-state index contributed by atoms with van der Waals surface area (Å²) in [5.41, 5.74) is 0.893. The van der Waals surface area contributed by atoms with E-state index in [-0.39, 0.29) is 11.9 Å². The average molecular weight is 219 g/mol. The second-order valence-electron chi connectivity index (χ2n) is 3.74. The van der Waals surface area contributed by atoms with Gasteiger partial charge < -0.3 is 10.1 Å². The SMILES string of the molecule is COc1ccccc1/C=C/C(=O)NC(C)C.